The monoisotopic (exact) mass is 278 g/mol. The molecule has 1 atom stereocenters. The summed E-state index contributed by atoms with van der Waals surface area (Å²) in [6, 6.07) is 5.62. The molecule has 1 rings (SSSR count). The zero-order valence-electron chi connectivity index (χ0n) is 9.69. The van der Waals surface area contributed by atoms with Crippen LogP contribution in [0.25, 0.3) is 0 Å². The number of halogens is 3. The van der Waals surface area contributed by atoms with Gasteiger partial charge in [-0.3, -0.25) is 0 Å². The highest BCUT2D eigenvalue weighted by Crippen LogP contribution is 2.35. The molecule has 0 bridgehead atoms. The van der Waals surface area contributed by atoms with Crippen LogP contribution in [0.5, 0.6) is 0 Å². The fourth-order valence-corrected chi connectivity index (χ4v) is 2.69. The van der Waals surface area contributed by atoms with Gasteiger partial charge in [0.1, 0.15) is 0 Å². The predicted molar refractivity (Wildman–Crippen MR) is 73.9 cm³/mol. The zero-order chi connectivity index (χ0) is 12.2. The Hall–Kier alpha value is 0.0900. The second kappa shape index (κ2) is 6.14. The van der Waals surface area contributed by atoms with Crippen molar-refractivity contribution in [2.75, 3.05) is 5.88 Å². The highest BCUT2D eigenvalue weighted by molar-refractivity contribution is 6.36. The van der Waals surface area contributed by atoms with Crippen molar-refractivity contribution in [3.63, 3.8) is 0 Å². The largest absolute Gasteiger partial charge is 0.126 e. The Bertz CT molecular complexity index is 329. The average molecular weight is 280 g/mol. The summed E-state index contributed by atoms with van der Waals surface area (Å²) in [7, 11) is 0. The molecule has 3 heteroatoms. The van der Waals surface area contributed by atoms with Crippen LogP contribution in [-0.2, 0) is 6.42 Å². The van der Waals surface area contributed by atoms with Crippen LogP contribution >= 0.6 is 34.8 Å². The van der Waals surface area contributed by atoms with Gasteiger partial charge < -0.3 is 0 Å². The molecule has 90 valence electrons. The van der Waals surface area contributed by atoms with Crippen LogP contribution in [0.15, 0.2) is 18.2 Å². The molecule has 1 aromatic rings. The second-order valence-corrected chi connectivity index (χ2v) is 5.65. The number of alkyl halides is 1. The topological polar surface area (TPSA) is 0 Å². The summed E-state index contributed by atoms with van der Waals surface area (Å²) in [4.78, 5) is 0. The van der Waals surface area contributed by atoms with Gasteiger partial charge in [-0.05, 0) is 36.0 Å². The molecule has 0 amide bonds. The van der Waals surface area contributed by atoms with E-state index in [2.05, 4.69) is 13.8 Å². The summed E-state index contributed by atoms with van der Waals surface area (Å²) in [5.41, 5.74) is 1.09. The molecular formula is C13H17Cl3. The highest BCUT2D eigenvalue weighted by atomic mass is 35.5. The molecule has 0 radical (unpaired) electrons. The van der Waals surface area contributed by atoms with Crippen molar-refractivity contribution >= 4 is 34.8 Å². The van der Waals surface area contributed by atoms with Gasteiger partial charge in [0, 0.05) is 15.9 Å². The molecule has 16 heavy (non-hydrogen) atoms. The number of rotatable bonds is 5. The lowest BCUT2D eigenvalue weighted by atomic mass is 9.81. The smallest absolute Gasteiger partial charge is 0.0453 e. The van der Waals surface area contributed by atoms with Gasteiger partial charge in [0.15, 0.2) is 0 Å². The fraction of sp³-hybridized carbons (Fsp3) is 0.538. The van der Waals surface area contributed by atoms with Crippen molar-refractivity contribution in [3.05, 3.63) is 33.8 Å². The minimum atomic E-state index is 0.0743. The molecule has 0 aliphatic rings. The normalized spacial score (nSPS) is 14.8. The molecule has 0 saturated heterocycles. The Labute approximate surface area is 113 Å². The lowest BCUT2D eigenvalue weighted by molar-refractivity contribution is 0.335. The SMILES string of the molecule is CCCC(C)(CCl)Cc1c(Cl)cccc1Cl. The Morgan fingerprint density at radius 3 is 2.19 bits per heavy atom. The van der Waals surface area contributed by atoms with Gasteiger partial charge in [-0.1, -0.05) is 49.5 Å². The molecular weight excluding hydrogens is 263 g/mol. The van der Waals surface area contributed by atoms with E-state index in [4.69, 9.17) is 34.8 Å². The van der Waals surface area contributed by atoms with Crippen molar-refractivity contribution in [3.8, 4) is 0 Å². The third-order valence-electron chi connectivity index (χ3n) is 2.84. The van der Waals surface area contributed by atoms with Crippen molar-refractivity contribution < 1.29 is 0 Å². The minimum absolute atomic E-state index is 0.0743. The van der Waals surface area contributed by atoms with Gasteiger partial charge in [0.25, 0.3) is 0 Å². The highest BCUT2D eigenvalue weighted by Gasteiger charge is 2.24. The Balaban J connectivity index is 2.94. The molecule has 0 saturated carbocycles. The van der Waals surface area contributed by atoms with E-state index in [0.717, 1.165) is 34.9 Å². The van der Waals surface area contributed by atoms with E-state index in [-0.39, 0.29) is 5.41 Å². The van der Waals surface area contributed by atoms with Crippen molar-refractivity contribution in [1.29, 1.82) is 0 Å². The maximum Gasteiger partial charge on any atom is 0.0453 e. The molecule has 1 aromatic carbocycles. The first-order valence-corrected chi connectivity index (χ1v) is 6.80. The van der Waals surface area contributed by atoms with Gasteiger partial charge in [0.05, 0.1) is 0 Å². The quantitative estimate of drug-likeness (QED) is 0.617. The van der Waals surface area contributed by atoms with E-state index in [1.807, 2.05) is 18.2 Å². The summed E-state index contributed by atoms with van der Waals surface area (Å²) < 4.78 is 0. The van der Waals surface area contributed by atoms with Gasteiger partial charge in [0.2, 0.25) is 0 Å². The van der Waals surface area contributed by atoms with E-state index >= 15 is 0 Å². The first kappa shape index (κ1) is 14.2. The van der Waals surface area contributed by atoms with Gasteiger partial charge in [-0.25, -0.2) is 0 Å². The molecule has 0 spiro atoms. The van der Waals surface area contributed by atoms with Crippen LogP contribution < -0.4 is 0 Å². The fourth-order valence-electron chi connectivity index (χ4n) is 1.93. The predicted octanol–water partition coefficient (Wildman–Crippen LogP) is 5.58. The van der Waals surface area contributed by atoms with Crippen LogP contribution in [0, 0.1) is 5.41 Å². The lowest BCUT2D eigenvalue weighted by Gasteiger charge is -2.27. The summed E-state index contributed by atoms with van der Waals surface area (Å²) in [5.74, 6) is 0.627. The van der Waals surface area contributed by atoms with E-state index < -0.39 is 0 Å². The third-order valence-corrected chi connectivity index (χ3v) is 4.19. The summed E-state index contributed by atoms with van der Waals surface area (Å²) in [6.45, 7) is 4.35. The molecule has 1 unspecified atom stereocenters. The molecule has 0 nitrogen and oxygen atoms in total. The van der Waals surface area contributed by atoms with Crippen LogP contribution in [0.4, 0.5) is 0 Å². The van der Waals surface area contributed by atoms with Crippen LogP contribution in [0.3, 0.4) is 0 Å². The first-order chi connectivity index (χ1) is 7.52. The van der Waals surface area contributed by atoms with Crippen LogP contribution in [0.2, 0.25) is 10.0 Å². The van der Waals surface area contributed by atoms with Gasteiger partial charge >= 0.3 is 0 Å². The molecule has 0 fully saturated rings. The molecule has 0 aliphatic carbocycles. The van der Waals surface area contributed by atoms with Crippen molar-refractivity contribution in [2.45, 2.75) is 33.1 Å². The van der Waals surface area contributed by atoms with Gasteiger partial charge in [-0.2, -0.15) is 0 Å². The second-order valence-electron chi connectivity index (χ2n) is 4.57. The summed E-state index contributed by atoms with van der Waals surface area (Å²) >= 11 is 18.4. The van der Waals surface area contributed by atoms with Crippen molar-refractivity contribution in [1.82, 2.24) is 0 Å². The van der Waals surface area contributed by atoms with E-state index in [9.17, 15) is 0 Å². The maximum atomic E-state index is 6.17. The summed E-state index contributed by atoms with van der Waals surface area (Å²) in [5, 5.41) is 1.47. The maximum absolute atomic E-state index is 6.17. The molecule has 0 aromatic heterocycles. The average Bonchev–Trinajstić information content (AvgIpc) is 2.24. The number of hydrogen-bond acceptors (Lipinski definition) is 0. The minimum Gasteiger partial charge on any atom is -0.126 e. The standard InChI is InChI=1S/C13H17Cl3/c1-3-7-13(2,9-14)8-10-11(15)5-4-6-12(10)16/h4-6H,3,7-9H2,1-2H3. The molecule has 0 N–H and O–H groups in total. The van der Waals surface area contributed by atoms with E-state index in [1.54, 1.807) is 0 Å². The number of hydrogen-bond donors (Lipinski definition) is 0. The summed E-state index contributed by atoms with van der Waals surface area (Å²) in [6.07, 6.45) is 3.03. The number of benzene rings is 1. The molecule has 0 aliphatic heterocycles. The lowest BCUT2D eigenvalue weighted by Crippen LogP contribution is -2.21. The van der Waals surface area contributed by atoms with Crippen LogP contribution in [0.1, 0.15) is 32.3 Å². The Kier molecular flexibility index (Phi) is 5.43. The third kappa shape index (κ3) is 3.55. The van der Waals surface area contributed by atoms with E-state index in [0.29, 0.717) is 5.88 Å². The molecule has 0 heterocycles. The Morgan fingerprint density at radius 2 is 1.75 bits per heavy atom. The zero-order valence-corrected chi connectivity index (χ0v) is 12.0. The van der Waals surface area contributed by atoms with Crippen LogP contribution in [-0.4, -0.2) is 5.88 Å². The van der Waals surface area contributed by atoms with Gasteiger partial charge in [-0.15, -0.1) is 11.6 Å². The van der Waals surface area contributed by atoms with E-state index in [1.165, 1.54) is 0 Å². The van der Waals surface area contributed by atoms with Crippen molar-refractivity contribution in [2.24, 2.45) is 5.41 Å². The first-order valence-electron chi connectivity index (χ1n) is 5.51. The Morgan fingerprint density at radius 1 is 1.19 bits per heavy atom.